The summed E-state index contributed by atoms with van der Waals surface area (Å²) in [6, 6.07) is 8.33. The van der Waals surface area contributed by atoms with E-state index >= 15 is 0 Å². The largest absolute Gasteiger partial charge is 0.481 e. The zero-order chi connectivity index (χ0) is 13.0. The van der Waals surface area contributed by atoms with Crippen LogP contribution >= 0.6 is 11.8 Å². The van der Waals surface area contributed by atoms with Crippen molar-refractivity contribution >= 4 is 23.6 Å². The topological polar surface area (TPSA) is 66.4 Å². The Morgan fingerprint density at radius 1 is 1.22 bits per heavy atom. The van der Waals surface area contributed by atoms with Gasteiger partial charge in [-0.25, -0.2) is 0 Å². The van der Waals surface area contributed by atoms with Crippen molar-refractivity contribution in [3.8, 4) is 0 Å². The fourth-order valence-electron chi connectivity index (χ4n) is 2.16. The number of rotatable bonds is 5. The van der Waals surface area contributed by atoms with Crippen molar-refractivity contribution in [2.75, 3.05) is 11.5 Å². The molecule has 0 fully saturated rings. The predicted octanol–water partition coefficient (Wildman–Crippen LogP) is 1.09. The second-order valence-corrected chi connectivity index (χ2v) is 5.31. The van der Waals surface area contributed by atoms with E-state index < -0.39 is 5.97 Å². The summed E-state index contributed by atoms with van der Waals surface area (Å²) < 4.78 is 0. The number of aliphatic carboxylic acids is 1. The average molecular weight is 265 g/mol. The minimum absolute atomic E-state index is 0.0295. The standard InChI is InChI=1S/C13H15NO3S/c15-12(7-18-8-13(16)17)14-11-5-9-3-1-2-4-10(9)6-11/h1-4,11H,5-8H2,(H,14,15)(H,16,17). The van der Waals surface area contributed by atoms with Crippen LogP contribution < -0.4 is 5.32 Å². The average Bonchev–Trinajstić information content (AvgIpc) is 2.70. The first-order valence-corrected chi connectivity index (χ1v) is 6.96. The van der Waals surface area contributed by atoms with E-state index in [1.165, 1.54) is 11.1 Å². The summed E-state index contributed by atoms with van der Waals surface area (Å²) in [5, 5.41) is 11.4. The monoisotopic (exact) mass is 265 g/mol. The van der Waals surface area contributed by atoms with E-state index in [0.717, 1.165) is 24.6 Å². The van der Waals surface area contributed by atoms with Gasteiger partial charge in [-0.2, -0.15) is 0 Å². The van der Waals surface area contributed by atoms with Crippen LogP contribution in [0.5, 0.6) is 0 Å². The van der Waals surface area contributed by atoms with Crippen molar-refractivity contribution in [3.63, 3.8) is 0 Å². The number of carboxylic acids is 1. The van der Waals surface area contributed by atoms with Gasteiger partial charge in [-0.3, -0.25) is 9.59 Å². The molecule has 1 aromatic rings. The van der Waals surface area contributed by atoms with E-state index in [2.05, 4.69) is 17.4 Å². The molecule has 0 saturated carbocycles. The molecule has 1 aliphatic carbocycles. The minimum Gasteiger partial charge on any atom is -0.481 e. The predicted molar refractivity (Wildman–Crippen MR) is 70.7 cm³/mol. The molecule has 0 aromatic heterocycles. The summed E-state index contributed by atoms with van der Waals surface area (Å²) in [6.45, 7) is 0. The highest BCUT2D eigenvalue weighted by atomic mass is 32.2. The van der Waals surface area contributed by atoms with Gasteiger partial charge >= 0.3 is 5.97 Å². The number of benzene rings is 1. The molecule has 2 N–H and O–H groups in total. The Bertz CT molecular complexity index is 436. The molecule has 18 heavy (non-hydrogen) atoms. The number of carbonyl (C=O) groups is 2. The van der Waals surface area contributed by atoms with Gasteiger partial charge in [0.2, 0.25) is 5.91 Å². The van der Waals surface area contributed by atoms with Crippen LogP contribution in [-0.2, 0) is 22.4 Å². The molecule has 1 aliphatic rings. The SMILES string of the molecule is O=C(O)CSCC(=O)NC1Cc2ccccc2C1. The Labute approximate surface area is 110 Å². The lowest BCUT2D eigenvalue weighted by molar-refractivity contribution is -0.133. The lowest BCUT2D eigenvalue weighted by Crippen LogP contribution is -2.36. The molecule has 0 radical (unpaired) electrons. The molecule has 0 saturated heterocycles. The highest BCUT2D eigenvalue weighted by Gasteiger charge is 2.22. The number of carbonyl (C=O) groups excluding carboxylic acids is 1. The first-order valence-electron chi connectivity index (χ1n) is 5.81. The molecular formula is C13H15NO3S. The third kappa shape index (κ3) is 3.50. The van der Waals surface area contributed by atoms with Gasteiger partial charge < -0.3 is 10.4 Å². The van der Waals surface area contributed by atoms with Crippen LogP contribution in [0.4, 0.5) is 0 Å². The molecule has 2 rings (SSSR count). The fourth-order valence-corrected chi connectivity index (χ4v) is 2.71. The second-order valence-electron chi connectivity index (χ2n) is 4.33. The Hall–Kier alpha value is -1.49. The Morgan fingerprint density at radius 3 is 2.39 bits per heavy atom. The second kappa shape index (κ2) is 5.91. The number of thioether (sulfide) groups is 1. The van der Waals surface area contributed by atoms with Crippen LogP contribution in [0.25, 0.3) is 0 Å². The molecule has 0 aliphatic heterocycles. The molecule has 96 valence electrons. The van der Waals surface area contributed by atoms with Gasteiger partial charge in [0.1, 0.15) is 0 Å². The van der Waals surface area contributed by atoms with E-state index in [1.807, 2.05) is 12.1 Å². The molecular weight excluding hydrogens is 250 g/mol. The van der Waals surface area contributed by atoms with Crippen LogP contribution in [0, 0.1) is 0 Å². The van der Waals surface area contributed by atoms with Crippen molar-refractivity contribution < 1.29 is 14.7 Å². The van der Waals surface area contributed by atoms with Gasteiger partial charge in [0.05, 0.1) is 11.5 Å². The van der Waals surface area contributed by atoms with E-state index in [0.29, 0.717) is 0 Å². The van der Waals surface area contributed by atoms with Crippen LogP contribution in [0.3, 0.4) is 0 Å². The number of amides is 1. The van der Waals surface area contributed by atoms with Gasteiger partial charge in [-0.15, -0.1) is 11.8 Å². The maximum atomic E-state index is 11.6. The smallest absolute Gasteiger partial charge is 0.313 e. The van der Waals surface area contributed by atoms with E-state index in [9.17, 15) is 9.59 Å². The first kappa shape index (κ1) is 13.0. The summed E-state index contributed by atoms with van der Waals surface area (Å²) in [5.74, 6) is -0.794. The highest BCUT2D eigenvalue weighted by Crippen LogP contribution is 2.21. The third-order valence-electron chi connectivity index (χ3n) is 2.87. The molecule has 5 heteroatoms. The highest BCUT2D eigenvalue weighted by molar-refractivity contribution is 8.00. The zero-order valence-corrected chi connectivity index (χ0v) is 10.7. The summed E-state index contributed by atoms with van der Waals surface area (Å²) in [5.41, 5.74) is 2.59. The minimum atomic E-state index is -0.888. The number of fused-ring (bicyclic) bond motifs is 1. The Morgan fingerprint density at radius 2 is 1.83 bits per heavy atom. The van der Waals surface area contributed by atoms with Crippen molar-refractivity contribution in [2.45, 2.75) is 18.9 Å². The van der Waals surface area contributed by atoms with Crippen LogP contribution in [0.2, 0.25) is 0 Å². The van der Waals surface area contributed by atoms with E-state index in [4.69, 9.17) is 5.11 Å². The lowest BCUT2D eigenvalue weighted by atomic mass is 10.1. The Kier molecular flexibility index (Phi) is 4.25. The molecule has 0 heterocycles. The maximum Gasteiger partial charge on any atom is 0.313 e. The van der Waals surface area contributed by atoms with Gasteiger partial charge in [0.15, 0.2) is 0 Å². The lowest BCUT2D eigenvalue weighted by Gasteiger charge is -2.11. The Balaban J connectivity index is 1.76. The third-order valence-corrected chi connectivity index (χ3v) is 3.79. The van der Waals surface area contributed by atoms with Gasteiger partial charge in [0.25, 0.3) is 0 Å². The molecule has 0 unspecified atom stereocenters. The first-order chi connectivity index (χ1) is 8.65. The van der Waals surface area contributed by atoms with Crippen LogP contribution in [0.15, 0.2) is 24.3 Å². The normalized spacial score (nSPS) is 14.2. The summed E-state index contributed by atoms with van der Waals surface area (Å²) in [4.78, 5) is 21.9. The molecule has 4 nitrogen and oxygen atoms in total. The van der Waals surface area contributed by atoms with Crippen molar-refractivity contribution in [2.24, 2.45) is 0 Å². The number of hydrogen-bond acceptors (Lipinski definition) is 3. The molecule has 1 amide bonds. The quantitative estimate of drug-likeness (QED) is 0.836. The van der Waals surface area contributed by atoms with Crippen molar-refractivity contribution in [3.05, 3.63) is 35.4 Å². The van der Waals surface area contributed by atoms with Crippen molar-refractivity contribution in [1.29, 1.82) is 0 Å². The van der Waals surface area contributed by atoms with Gasteiger partial charge in [-0.05, 0) is 24.0 Å². The van der Waals surface area contributed by atoms with Gasteiger partial charge in [0, 0.05) is 6.04 Å². The summed E-state index contributed by atoms with van der Waals surface area (Å²) >= 11 is 1.13. The molecule has 1 aromatic carbocycles. The number of hydrogen-bond donors (Lipinski definition) is 2. The summed E-state index contributed by atoms with van der Waals surface area (Å²) in [7, 11) is 0. The maximum absolute atomic E-state index is 11.6. The van der Waals surface area contributed by atoms with Crippen LogP contribution in [-0.4, -0.2) is 34.5 Å². The zero-order valence-electron chi connectivity index (χ0n) is 9.89. The molecule has 0 spiro atoms. The summed E-state index contributed by atoms with van der Waals surface area (Å²) in [6.07, 6.45) is 1.73. The van der Waals surface area contributed by atoms with Crippen LogP contribution in [0.1, 0.15) is 11.1 Å². The molecule has 0 atom stereocenters. The van der Waals surface area contributed by atoms with Crippen molar-refractivity contribution in [1.82, 2.24) is 5.32 Å². The number of nitrogens with one attached hydrogen (secondary N) is 1. The van der Waals surface area contributed by atoms with E-state index in [1.54, 1.807) is 0 Å². The number of carboxylic acid groups (broad SMARTS) is 1. The van der Waals surface area contributed by atoms with E-state index in [-0.39, 0.29) is 23.5 Å². The fraction of sp³-hybridized carbons (Fsp3) is 0.385. The van der Waals surface area contributed by atoms with Gasteiger partial charge in [-0.1, -0.05) is 24.3 Å². The molecule has 0 bridgehead atoms.